The molecule has 0 aliphatic heterocycles. The van der Waals surface area contributed by atoms with Crippen molar-refractivity contribution in [2.24, 2.45) is 5.92 Å². The summed E-state index contributed by atoms with van der Waals surface area (Å²) in [5.74, 6) is 0.814. The smallest absolute Gasteiger partial charge is 0.0314 e. The molecule has 0 aliphatic rings. The predicted octanol–water partition coefficient (Wildman–Crippen LogP) is 3.25. The van der Waals surface area contributed by atoms with E-state index in [9.17, 15) is 0 Å². The second-order valence-corrected chi connectivity index (χ2v) is 4.03. The highest BCUT2D eigenvalue weighted by molar-refractivity contribution is 5.39. The van der Waals surface area contributed by atoms with Crippen molar-refractivity contribution in [2.45, 2.75) is 33.1 Å². The zero-order chi connectivity index (χ0) is 9.68. The van der Waals surface area contributed by atoms with Gasteiger partial charge in [-0.05, 0) is 36.5 Å². The van der Waals surface area contributed by atoms with Crippen LogP contribution in [0.25, 0.3) is 0 Å². The van der Waals surface area contributed by atoms with Crippen molar-refractivity contribution < 1.29 is 0 Å². The lowest BCUT2D eigenvalue weighted by molar-refractivity contribution is 0.556. The van der Waals surface area contributed by atoms with Crippen molar-refractivity contribution >= 4 is 5.69 Å². The first-order valence-corrected chi connectivity index (χ1v) is 5.03. The molecule has 2 N–H and O–H groups in total. The van der Waals surface area contributed by atoms with E-state index in [0.717, 1.165) is 11.6 Å². The molecule has 1 aromatic rings. The molecule has 1 nitrogen and oxygen atoms in total. The minimum Gasteiger partial charge on any atom is -0.399 e. The van der Waals surface area contributed by atoms with E-state index in [1.807, 2.05) is 12.1 Å². The molecule has 0 saturated heterocycles. The van der Waals surface area contributed by atoms with Gasteiger partial charge in [0.05, 0.1) is 0 Å². The fraction of sp³-hybridized carbons (Fsp3) is 0.500. The average Bonchev–Trinajstić information content (AvgIpc) is 2.08. The van der Waals surface area contributed by atoms with Gasteiger partial charge in [0.25, 0.3) is 0 Å². The van der Waals surface area contributed by atoms with Crippen LogP contribution >= 0.6 is 0 Å². The quantitative estimate of drug-likeness (QED) is 0.702. The second kappa shape index (κ2) is 4.90. The minimum atomic E-state index is 0.814. The third kappa shape index (κ3) is 3.97. The third-order valence-corrected chi connectivity index (χ3v) is 2.23. The van der Waals surface area contributed by atoms with E-state index < -0.39 is 0 Å². The minimum absolute atomic E-state index is 0.814. The van der Waals surface area contributed by atoms with E-state index in [2.05, 4.69) is 26.0 Å². The summed E-state index contributed by atoms with van der Waals surface area (Å²) in [6, 6.07) is 8.20. The lowest BCUT2D eigenvalue weighted by Gasteiger charge is -2.04. The number of nitrogens with two attached hydrogens (primary N) is 1. The van der Waals surface area contributed by atoms with Crippen molar-refractivity contribution in [3.05, 3.63) is 29.8 Å². The SMILES string of the molecule is CC(C)CCCc1ccc(N)cc1. The van der Waals surface area contributed by atoms with Crippen LogP contribution < -0.4 is 5.73 Å². The van der Waals surface area contributed by atoms with E-state index in [4.69, 9.17) is 5.73 Å². The summed E-state index contributed by atoms with van der Waals surface area (Å²) in [6.45, 7) is 4.53. The zero-order valence-electron chi connectivity index (χ0n) is 8.59. The molecule has 0 aromatic heterocycles. The Morgan fingerprint density at radius 2 is 1.77 bits per heavy atom. The van der Waals surface area contributed by atoms with E-state index in [1.165, 1.54) is 24.8 Å². The van der Waals surface area contributed by atoms with Crippen LogP contribution in [0.4, 0.5) is 5.69 Å². The molecule has 0 fully saturated rings. The molecule has 72 valence electrons. The van der Waals surface area contributed by atoms with Gasteiger partial charge in [0.15, 0.2) is 0 Å². The second-order valence-electron chi connectivity index (χ2n) is 4.03. The van der Waals surface area contributed by atoms with Crippen molar-refractivity contribution in [3.8, 4) is 0 Å². The summed E-state index contributed by atoms with van der Waals surface area (Å²) < 4.78 is 0. The zero-order valence-corrected chi connectivity index (χ0v) is 8.59. The number of nitrogen functional groups attached to an aromatic ring is 1. The highest BCUT2D eigenvalue weighted by Crippen LogP contribution is 2.11. The summed E-state index contributed by atoms with van der Waals surface area (Å²) in [4.78, 5) is 0. The molecule has 0 radical (unpaired) electrons. The van der Waals surface area contributed by atoms with Crippen LogP contribution in [0.2, 0.25) is 0 Å². The van der Waals surface area contributed by atoms with Crippen LogP contribution in [0, 0.1) is 5.92 Å². The molecule has 1 aromatic carbocycles. The third-order valence-electron chi connectivity index (χ3n) is 2.23. The Labute approximate surface area is 81.0 Å². The number of aryl methyl sites for hydroxylation is 1. The first-order chi connectivity index (χ1) is 6.18. The Morgan fingerprint density at radius 3 is 2.31 bits per heavy atom. The standard InChI is InChI=1S/C12H19N/c1-10(2)4-3-5-11-6-8-12(13)9-7-11/h6-10H,3-5,13H2,1-2H3. The number of hydrogen-bond acceptors (Lipinski definition) is 1. The first-order valence-electron chi connectivity index (χ1n) is 5.03. The number of anilines is 1. The average molecular weight is 177 g/mol. The molecule has 1 heteroatoms. The van der Waals surface area contributed by atoms with Gasteiger partial charge in [0.1, 0.15) is 0 Å². The molecule has 0 heterocycles. The molecule has 0 atom stereocenters. The van der Waals surface area contributed by atoms with Gasteiger partial charge >= 0.3 is 0 Å². The molecule has 0 bridgehead atoms. The summed E-state index contributed by atoms with van der Waals surface area (Å²) in [5, 5.41) is 0. The molecule has 0 amide bonds. The van der Waals surface area contributed by atoms with Crippen LogP contribution in [-0.2, 0) is 6.42 Å². The Balaban J connectivity index is 2.33. The van der Waals surface area contributed by atoms with E-state index >= 15 is 0 Å². The topological polar surface area (TPSA) is 26.0 Å². The van der Waals surface area contributed by atoms with Crippen LogP contribution in [-0.4, -0.2) is 0 Å². The lowest BCUT2D eigenvalue weighted by Crippen LogP contribution is -1.91. The largest absolute Gasteiger partial charge is 0.399 e. The normalized spacial score (nSPS) is 10.7. The summed E-state index contributed by atoms with van der Waals surface area (Å²) in [7, 11) is 0. The van der Waals surface area contributed by atoms with Gasteiger partial charge in [-0.25, -0.2) is 0 Å². The van der Waals surface area contributed by atoms with Crippen molar-refractivity contribution in [3.63, 3.8) is 0 Å². The Bertz CT molecular complexity index is 236. The molecular weight excluding hydrogens is 158 g/mol. The van der Waals surface area contributed by atoms with Crippen LogP contribution in [0.3, 0.4) is 0 Å². The molecule has 1 rings (SSSR count). The molecule has 13 heavy (non-hydrogen) atoms. The van der Waals surface area contributed by atoms with Crippen molar-refractivity contribution in [2.75, 3.05) is 5.73 Å². The van der Waals surface area contributed by atoms with Gasteiger partial charge in [-0.2, -0.15) is 0 Å². The number of hydrogen-bond donors (Lipinski definition) is 1. The Kier molecular flexibility index (Phi) is 3.81. The number of benzene rings is 1. The molecule has 0 saturated carbocycles. The van der Waals surface area contributed by atoms with Gasteiger partial charge in [-0.1, -0.05) is 32.4 Å². The van der Waals surface area contributed by atoms with E-state index in [0.29, 0.717) is 0 Å². The van der Waals surface area contributed by atoms with Gasteiger partial charge < -0.3 is 5.73 Å². The van der Waals surface area contributed by atoms with Crippen LogP contribution in [0.1, 0.15) is 32.3 Å². The predicted molar refractivity (Wildman–Crippen MR) is 58.6 cm³/mol. The van der Waals surface area contributed by atoms with Crippen LogP contribution in [0.5, 0.6) is 0 Å². The molecule has 0 spiro atoms. The fourth-order valence-corrected chi connectivity index (χ4v) is 1.40. The first kappa shape index (κ1) is 10.1. The van der Waals surface area contributed by atoms with E-state index in [1.54, 1.807) is 0 Å². The van der Waals surface area contributed by atoms with Gasteiger partial charge in [0.2, 0.25) is 0 Å². The van der Waals surface area contributed by atoms with Crippen molar-refractivity contribution in [1.29, 1.82) is 0 Å². The van der Waals surface area contributed by atoms with Gasteiger partial charge in [-0.15, -0.1) is 0 Å². The lowest BCUT2D eigenvalue weighted by atomic mass is 10.0. The molecule has 0 aliphatic carbocycles. The van der Waals surface area contributed by atoms with Gasteiger partial charge in [-0.3, -0.25) is 0 Å². The fourth-order valence-electron chi connectivity index (χ4n) is 1.40. The monoisotopic (exact) mass is 177 g/mol. The van der Waals surface area contributed by atoms with Gasteiger partial charge in [0, 0.05) is 5.69 Å². The summed E-state index contributed by atoms with van der Waals surface area (Å²) in [5.41, 5.74) is 7.86. The summed E-state index contributed by atoms with van der Waals surface area (Å²) in [6.07, 6.45) is 3.77. The van der Waals surface area contributed by atoms with Crippen LogP contribution in [0.15, 0.2) is 24.3 Å². The Hall–Kier alpha value is -0.980. The maximum absolute atomic E-state index is 5.60. The summed E-state index contributed by atoms with van der Waals surface area (Å²) >= 11 is 0. The molecule has 0 unspecified atom stereocenters. The highest BCUT2D eigenvalue weighted by Gasteiger charge is 1.95. The number of rotatable bonds is 4. The Morgan fingerprint density at radius 1 is 1.15 bits per heavy atom. The van der Waals surface area contributed by atoms with E-state index in [-0.39, 0.29) is 0 Å². The maximum atomic E-state index is 5.60. The van der Waals surface area contributed by atoms with Crippen molar-refractivity contribution in [1.82, 2.24) is 0 Å². The molecular formula is C12H19N. The highest BCUT2D eigenvalue weighted by atomic mass is 14.5. The maximum Gasteiger partial charge on any atom is 0.0314 e.